The predicted molar refractivity (Wildman–Crippen MR) is 154 cm³/mol. The van der Waals surface area contributed by atoms with E-state index in [-0.39, 0.29) is 18.9 Å². The summed E-state index contributed by atoms with van der Waals surface area (Å²) in [5.74, 6) is -0.766. The molecule has 240 valence electrons. The Morgan fingerprint density at radius 3 is 2.14 bits per heavy atom. The maximum absolute atomic E-state index is 12.4. The maximum atomic E-state index is 12.4. The van der Waals surface area contributed by atoms with Gasteiger partial charge in [-0.05, 0) is 51.2 Å². The van der Waals surface area contributed by atoms with Gasteiger partial charge in [0, 0.05) is 19.6 Å². The molecule has 1 aromatic rings. The van der Waals surface area contributed by atoms with Gasteiger partial charge in [-0.15, -0.1) is 0 Å². The highest BCUT2D eigenvalue weighted by Crippen LogP contribution is 2.29. The number of hydrogen-bond acceptors (Lipinski definition) is 10. The first-order valence-electron chi connectivity index (χ1n) is 14.8. The number of benzene rings is 1. The van der Waals surface area contributed by atoms with E-state index in [0.717, 1.165) is 24.0 Å². The van der Waals surface area contributed by atoms with Crippen LogP contribution in [0, 0.1) is 0 Å². The average molecular weight is 608 g/mol. The van der Waals surface area contributed by atoms with Crippen LogP contribution in [0.3, 0.4) is 0 Å². The quantitative estimate of drug-likeness (QED) is 0.188. The molecule has 3 rings (SSSR count). The molecule has 2 N–H and O–H groups in total. The van der Waals surface area contributed by atoms with Crippen molar-refractivity contribution in [1.29, 1.82) is 0 Å². The number of hydrogen-bond donors (Lipinski definition) is 2. The Morgan fingerprint density at radius 1 is 0.930 bits per heavy atom. The van der Waals surface area contributed by atoms with Crippen LogP contribution in [0.2, 0.25) is 0 Å². The van der Waals surface area contributed by atoms with Crippen molar-refractivity contribution in [3.05, 3.63) is 35.4 Å². The van der Waals surface area contributed by atoms with E-state index in [1.807, 2.05) is 45.0 Å². The molecular formula is C30H45N3O10. The summed E-state index contributed by atoms with van der Waals surface area (Å²) >= 11 is 0. The molecule has 2 heterocycles. The Kier molecular flexibility index (Phi) is 14.1. The van der Waals surface area contributed by atoms with E-state index >= 15 is 0 Å². The molecule has 2 saturated heterocycles. The Bertz CT molecular complexity index is 1040. The van der Waals surface area contributed by atoms with Crippen LogP contribution in [-0.4, -0.2) is 106 Å². The summed E-state index contributed by atoms with van der Waals surface area (Å²) in [7, 11) is 0. The molecule has 2 atom stereocenters. The number of cyclic esters (lactones) is 1. The van der Waals surface area contributed by atoms with Gasteiger partial charge in [-0.3, -0.25) is 19.8 Å². The number of carbonyl (C=O) groups is 4. The summed E-state index contributed by atoms with van der Waals surface area (Å²) in [6.07, 6.45) is 0.780. The number of alkyl carbamates (subject to hydrolysis) is 1. The van der Waals surface area contributed by atoms with E-state index in [1.165, 1.54) is 4.90 Å². The normalized spacial score (nSPS) is 18.9. The Labute approximate surface area is 252 Å². The van der Waals surface area contributed by atoms with Crippen molar-refractivity contribution in [2.45, 2.75) is 64.2 Å². The average Bonchev–Trinajstić information content (AvgIpc) is 3.33. The minimum Gasteiger partial charge on any atom is -0.444 e. The van der Waals surface area contributed by atoms with Gasteiger partial charge in [0.05, 0.1) is 52.8 Å². The third kappa shape index (κ3) is 12.9. The number of aryl methyl sites for hydroxylation is 1. The van der Waals surface area contributed by atoms with E-state index in [9.17, 15) is 19.2 Å². The monoisotopic (exact) mass is 607 g/mol. The largest absolute Gasteiger partial charge is 0.444 e. The van der Waals surface area contributed by atoms with Crippen LogP contribution >= 0.6 is 0 Å². The van der Waals surface area contributed by atoms with Crippen molar-refractivity contribution >= 4 is 24.0 Å². The number of carbonyl (C=O) groups excluding carboxylic acids is 4. The summed E-state index contributed by atoms with van der Waals surface area (Å²) in [6.45, 7) is 9.87. The molecule has 13 nitrogen and oxygen atoms in total. The van der Waals surface area contributed by atoms with E-state index in [1.54, 1.807) is 0 Å². The van der Waals surface area contributed by atoms with Crippen LogP contribution in [-0.2, 0) is 44.4 Å². The molecule has 0 bridgehead atoms. The molecule has 0 radical (unpaired) electrons. The fourth-order valence-electron chi connectivity index (χ4n) is 4.47. The predicted octanol–water partition coefficient (Wildman–Crippen LogP) is 2.51. The van der Waals surface area contributed by atoms with Gasteiger partial charge < -0.3 is 33.7 Å². The first kappa shape index (κ1) is 34.2. The third-order valence-corrected chi connectivity index (χ3v) is 6.56. The second-order valence-electron chi connectivity index (χ2n) is 11.2. The van der Waals surface area contributed by atoms with Crippen molar-refractivity contribution < 1.29 is 47.6 Å². The van der Waals surface area contributed by atoms with Gasteiger partial charge in [-0.25, -0.2) is 9.59 Å². The summed E-state index contributed by atoms with van der Waals surface area (Å²) in [6, 6.07) is 7.22. The maximum Gasteiger partial charge on any atom is 0.411 e. The lowest BCUT2D eigenvalue weighted by Crippen LogP contribution is -2.52. The van der Waals surface area contributed by atoms with Gasteiger partial charge in [0.1, 0.15) is 17.7 Å². The van der Waals surface area contributed by atoms with Crippen molar-refractivity contribution in [2.24, 2.45) is 0 Å². The molecule has 0 aliphatic carbocycles. The Morgan fingerprint density at radius 2 is 1.53 bits per heavy atom. The lowest BCUT2D eigenvalue weighted by Gasteiger charge is -2.27. The van der Waals surface area contributed by atoms with Gasteiger partial charge in [-0.2, -0.15) is 0 Å². The zero-order valence-corrected chi connectivity index (χ0v) is 25.4. The molecule has 1 aromatic carbocycles. The number of imide groups is 1. The highest BCUT2D eigenvalue weighted by atomic mass is 16.6. The second kappa shape index (κ2) is 17.8. The van der Waals surface area contributed by atoms with Crippen LogP contribution < -0.4 is 10.6 Å². The highest BCUT2D eigenvalue weighted by molar-refractivity contribution is 6.01. The molecule has 0 aromatic heterocycles. The number of piperidine rings is 1. The van der Waals surface area contributed by atoms with Gasteiger partial charge in [0.2, 0.25) is 11.8 Å². The number of nitrogens with zero attached hydrogens (tertiary/aromatic N) is 1. The topological polar surface area (TPSA) is 151 Å². The Balaban J connectivity index is 1.13. The minimum absolute atomic E-state index is 0.211. The standard InChI is InChI=1S/C30H45N3O10/c1-30(2,3)43-28(36)31-12-14-39-16-18-41-20-19-40-17-15-38-13-4-5-22-6-8-23(9-7-22)25-21-33(29(37)42-25)24-10-11-26(34)32-27(24)35/h6-9,24-25H,4-5,10-21H2,1-3H3,(H,31,36)(H,32,34,35)/t24?,25-/m1/s1. The molecule has 1 unspecified atom stereocenters. The van der Waals surface area contributed by atoms with Crippen LogP contribution in [0.1, 0.15) is 57.3 Å². The first-order chi connectivity index (χ1) is 20.6. The third-order valence-electron chi connectivity index (χ3n) is 6.56. The summed E-state index contributed by atoms with van der Waals surface area (Å²) in [5, 5.41) is 4.91. The number of rotatable bonds is 18. The Hall–Kier alpha value is -3.26. The molecule has 2 aliphatic rings. The fourth-order valence-corrected chi connectivity index (χ4v) is 4.47. The van der Waals surface area contributed by atoms with Crippen molar-refractivity contribution in [1.82, 2.24) is 15.5 Å². The molecular weight excluding hydrogens is 562 g/mol. The number of amides is 4. The van der Waals surface area contributed by atoms with Gasteiger partial charge in [0.25, 0.3) is 0 Å². The van der Waals surface area contributed by atoms with Gasteiger partial charge in [0.15, 0.2) is 0 Å². The van der Waals surface area contributed by atoms with E-state index < -0.39 is 35.8 Å². The van der Waals surface area contributed by atoms with E-state index in [4.69, 9.17) is 28.4 Å². The number of ether oxygens (including phenoxy) is 6. The van der Waals surface area contributed by atoms with Crippen molar-refractivity contribution in [2.75, 3.05) is 65.9 Å². The lowest BCUT2D eigenvalue weighted by molar-refractivity contribution is -0.136. The SMILES string of the molecule is CC(C)(C)OC(=O)NCCOCCOCCOCCOCCCc1ccc([C@H]2CN(C3CCC(=O)NC3=O)C(=O)O2)cc1. The van der Waals surface area contributed by atoms with Crippen LogP contribution in [0.5, 0.6) is 0 Å². The zero-order valence-electron chi connectivity index (χ0n) is 25.4. The molecule has 4 amide bonds. The molecule has 2 aliphatic heterocycles. The molecule has 2 fully saturated rings. The first-order valence-corrected chi connectivity index (χ1v) is 14.8. The van der Waals surface area contributed by atoms with E-state index in [2.05, 4.69) is 10.6 Å². The second-order valence-corrected chi connectivity index (χ2v) is 11.2. The molecule has 43 heavy (non-hydrogen) atoms. The highest BCUT2D eigenvalue weighted by Gasteiger charge is 2.41. The minimum atomic E-state index is -0.674. The van der Waals surface area contributed by atoms with Crippen LogP contribution in [0.4, 0.5) is 9.59 Å². The smallest absolute Gasteiger partial charge is 0.411 e. The molecule has 0 spiro atoms. The van der Waals surface area contributed by atoms with Crippen LogP contribution in [0.15, 0.2) is 24.3 Å². The summed E-state index contributed by atoms with van der Waals surface area (Å²) in [5.41, 5.74) is 1.49. The fraction of sp³-hybridized carbons (Fsp3) is 0.667. The summed E-state index contributed by atoms with van der Waals surface area (Å²) < 4.78 is 32.6. The molecule has 0 saturated carbocycles. The lowest BCUT2D eigenvalue weighted by atomic mass is 10.0. The zero-order chi connectivity index (χ0) is 31.1. The van der Waals surface area contributed by atoms with Crippen LogP contribution in [0.25, 0.3) is 0 Å². The number of nitrogens with one attached hydrogen (secondary N) is 2. The molecule has 13 heteroatoms. The summed E-state index contributed by atoms with van der Waals surface area (Å²) in [4.78, 5) is 48.8. The van der Waals surface area contributed by atoms with Crippen molar-refractivity contribution in [3.63, 3.8) is 0 Å². The van der Waals surface area contributed by atoms with E-state index in [0.29, 0.717) is 65.8 Å². The van der Waals surface area contributed by atoms with Crippen molar-refractivity contribution in [3.8, 4) is 0 Å². The van der Waals surface area contributed by atoms with Gasteiger partial charge >= 0.3 is 12.2 Å². The van der Waals surface area contributed by atoms with Gasteiger partial charge in [-0.1, -0.05) is 24.3 Å².